The van der Waals surface area contributed by atoms with Crippen molar-refractivity contribution in [3.8, 4) is 17.2 Å². The molecule has 160 valence electrons. The summed E-state index contributed by atoms with van der Waals surface area (Å²) in [7, 11) is 4.29. The molecule has 0 unspecified atom stereocenters. The van der Waals surface area contributed by atoms with Crippen LogP contribution < -0.4 is 19.1 Å². The van der Waals surface area contributed by atoms with Gasteiger partial charge in [-0.15, -0.1) is 0 Å². The predicted molar refractivity (Wildman–Crippen MR) is 107 cm³/mol. The van der Waals surface area contributed by atoms with Crippen molar-refractivity contribution >= 4 is 28.9 Å². The van der Waals surface area contributed by atoms with Gasteiger partial charge in [0.1, 0.15) is 34.6 Å². The van der Waals surface area contributed by atoms with E-state index < -0.39 is 28.8 Å². The zero-order valence-electron chi connectivity index (χ0n) is 16.7. The third-order valence-electron chi connectivity index (χ3n) is 5.11. The van der Waals surface area contributed by atoms with Crippen LogP contribution in [0, 0.1) is 16.0 Å². The van der Waals surface area contributed by atoms with Crippen molar-refractivity contribution < 1.29 is 33.6 Å². The van der Waals surface area contributed by atoms with Gasteiger partial charge in [0.05, 0.1) is 26.3 Å². The van der Waals surface area contributed by atoms with Crippen molar-refractivity contribution in [2.24, 2.45) is 11.1 Å². The third kappa shape index (κ3) is 3.10. The fourth-order valence-corrected chi connectivity index (χ4v) is 3.61. The van der Waals surface area contributed by atoms with Crippen LogP contribution in [0.15, 0.2) is 41.6 Å². The van der Waals surface area contributed by atoms with Crippen molar-refractivity contribution in [1.29, 1.82) is 0 Å². The molecule has 0 bridgehead atoms. The van der Waals surface area contributed by atoms with Gasteiger partial charge in [0, 0.05) is 23.8 Å². The number of imide groups is 1. The summed E-state index contributed by atoms with van der Waals surface area (Å²) in [4.78, 5) is 43.0. The standard InChI is InChI=1S/C20H17N3O8/c1-28-11-5-6-12(15(9-11)30-3)17-16-18(31-21-17)20(25)22(19(16)24)13-8-10(23(26)27)4-7-14(13)29-2/h4-9,16,18H,1-3H3/t16-,18+/m1/s1. The second-order valence-electron chi connectivity index (χ2n) is 6.67. The molecule has 0 N–H and O–H groups in total. The second-order valence-corrected chi connectivity index (χ2v) is 6.67. The largest absolute Gasteiger partial charge is 0.497 e. The number of benzene rings is 2. The fraction of sp³-hybridized carbons (Fsp3) is 0.250. The van der Waals surface area contributed by atoms with E-state index in [4.69, 9.17) is 19.0 Å². The lowest BCUT2D eigenvalue weighted by Gasteiger charge is -2.18. The van der Waals surface area contributed by atoms with E-state index in [1.54, 1.807) is 18.2 Å². The van der Waals surface area contributed by atoms with Crippen molar-refractivity contribution in [2.75, 3.05) is 26.2 Å². The Morgan fingerprint density at radius 3 is 2.39 bits per heavy atom. The molecule has 2 aliphatic rings. The SMILES string of the molecule is COc1ccc(C2=NO[C@@H]3C(=O)N(c4cc([N+](=O)[O-])ccc4OC)C(=O)[C@H]23)c(OC)c1. The van der Waals surface area contributed by atoms with Gasteiger partial charge in [-0.3, -0.25) is 19.7 Å². The first-order chi connectivity index (χ1) is 14.9. The van der Waals surface area contributed by atoms with Crippen LogP contribution in [0.5, 0.6) is 17.2 Å². The summed E-state index contributed by atoms with van der Waals surface area (Å²) in [5, 5.41) is 15.2. The highest BCUT2D eigenvalue weighted by Gasteiger charge is 2.57. The Hall–Kier alpha value is -4.15. The lowest BCUT2D eigenvalue weighted by molar-refractivity contribution is -0.384. The van der Waals surface area contributed by atoms with E-state index in [1.165, 1.54) is 33.5 Å². The summed E-state index contributed by atoms with van der Waals surface area (Å²) in [6.45, 7) is 0. The molecule has 31 heavy (non-hydrogen) atoms. The van der Waals surface area contributed by atoms with Gasteiger partial charge in [-0.1, -0.05) is 5.16 Å². The fourth-order valence-electron chi connectivity index (χ4n) is 3.61. The molecule has 0 aliphatic carbocycles. The molecule has 2 amide bonds. The lowest BCUT2D eigenvalue weighted by atomic mass is 9.93. The number of rotatable bonds is 6. The summed E-state index contributed by atoms with van der Waals surface area (Å²) in [5.41, 5.74) is 0.352. The lowest BCUT2D eigenvalue weighted by Crippen LogP contribution is -2.33. The number of non-ortho nitro benzene ring substituents is 1. The average Bonchev–Trinajstić information content (AvgIpc) is 3.32. The molecule has 2 heterocycles. The predicted octanol–water partition coefficient (Wildman–Crippen LogP) is 1.91. The van der Waals surface area contributed by atoms with Crippen LogP contribution in [0.3, 0.4) is 0 Å². The van der Waals surface area contributed by atoms with E-state index in [0.29, 0.717) is 17.1 Å². The Balaban J connectivity index is 1.76. The number of carbonyl (C=O) groups excluding carboxylic acids is 2. The first-order valence-electron chi connectivity index (χ1n) is 9.07. The number of methoxy groups -OCH3 is 3. The summed E-state index contributed by atoms with van der Waals surface area (Å²) in [5.74, 6) is -1.32. The molecule has 1 fully saturated rings. The van der Waals surface area contributed by atoms with E-state index in [9.17, 15) is 19.7 Å². The van der Waals surface area contributed by atoms with Crippen LogP contribution in [0.25, 0.3) is 0 Å². The van der Waals surface area contributed by atoms with E-state index in [1.807, 2.05) is 0 Å². The number of ether oxygens (including phenoxy) is 3. The van der Waals surface area contributed by atoms with E-state index in [-0.39, 0.29) is 22.8 Å². The van der Waals surface area contributed by atoms with E-state index >= 15 is 0 Å². The topological polar surface area (TPSA) is 130 Å². The third-order valence-corrected chi connectivity index (χ3v) is 5.11. The first-order valence-corrected chi connectivity index (χ1v) is 9.07. The molecule has 0 aromatic heterocycles. The molecule has 2 aromatic carbocycles. The number of hydrogen-bond acceptors (Lipinski definition) is 9. The normalized spacial score (nSPS) is 19.6. The Morgan fingerprint density at radius 1 is 1.00 bits per heavy atom. The molecule has 1 saturated heterocycles. The number of anilines is 1. The quantitative estimate of drug-likeness (QED) is 0.388. The highest BCUT2D eigenvalue weighted by atomic mass is 16.7. The van der Waals surface area contributed by atoms with Gasteiger partial charge in [-0.25, -0.2) is 4.90 Å². The number of carbonyl (C=O) groups is 2. The highest BCUT2D eigenvalue weighted by Crippen LogP contribution is 2.41. The Morgan fingerprint density at radius 2 is 1.74 bits per heavy atom. The average molecular weight is 427 g/mol. The van der Waals surface area contributed by atoms with Gasteiger partial charge >= 0.3 is 0 Å². The zero-order valence-corrected chi connectivity index (χ0v) is 16.7. The molecule has 4 rings (SSSR count). The van der Waals surface area contributed by atoms with Crippen molar-refractivity contribution in [3.05, 3.63) is 52.1 Å². The molecular weight excluding hydrogens is 410 g/mol. The Kier molecular flexibility index (Phi) is 4.93. The number of nitro benzene ring substituents is 1. The van der Waals surface area contributed by atoms with Crippen LogP contribution in [0.2, 0.25) is 0 Å². The minimum atomic E-state index is -1.20. The maximum atomic E-state index is 13.3. The minimum Gasteiger partial charge on any atom is -0.497 e. The van der Waals surface area contributed by atoms with Crippen LogP contribution >= 0.6 is 0 Å². The van der Waals surface area contributed by atoms with Gasteiger partial charge in [0.2, 0.25) is 12.0 Å². The number of nitrogens with zero attached hydrogens (tertiary/aromatic N) is 3. The molecule has 0 saturated carbocycles. The zero-order chi connectivity index (χ0) is 22.3. The van der Waals surface area contributed by atoms with Gasteiger partial charge in [0.15, 0.2) is 0 Å². The summed E-state index contributed by atoms with van der Waals surface area (Å²) in [6.07, 6.45) is -1.20. The van der Waals surface area contributed by atoms with Crippen molar-refractivity contribution in [3.63, 3.8) is 0 Å². The van der Waals surface area contributed by atoms with Crippen molar-refractivity contribution in [2.45, 2.75) is 6.10 Å². The number of oxime groups is 1. The number of nitro groups is 1. The number of hydrogen-bond donors (Lipinski definition) is 0. The van der Waals surface area contributed by atoms with Gasteiger partial charge < -0.3 is 19.0 Å². The number of fused-ring (bicyclic) bond motifs is 1. The van der Waals surface area contributed by atoms with Gasteiger partial charge in [-0.05, 0) is 18.2 Å². The molecule has 2 atom stereocenters. The molecule has 11 heteroatoms. The molecule has 11 nitrogen and oxygen atoms in total. The van der Waals surface area contributed by atoms with E-state index in [2.05, 4.69) is 5.16 Å². The van der Waals surface area contributed by atoms with E-state index in [0.717, 1.165) is 11.0 Å². The molecule has 0 radical (unpaired) electrons. The van der Waals surface area contributed by atoms with Crippen LogP contribution in [-0.4, -0.2) is 49.9 Å². The van der Waals surface area contributed by atoms with Crippen LogP contribution in [0.1, 0.15) is 5.56 Å². The summed E-state index contributed by atoms with van der Waals surface area (Å²) >= 11 is 0. The van der Waals surface area contributed by atoms with Crippen LogP contribution in [0.4, 0.5) is 11.4 Å². The monoisotopic (exact) mass is 427 g/mol. The van der Waals surface area contributed by atoms with Gasteiger partial charge in [0.25, 0.3) is 11.6 Å². The smallest absolute Gasteiger partial charge is 0.279 e. The summed E-state index contributed by atoms with van der Waals surface area (Å²) in [6, 6.07) is 8.59. The Bertz CT molecular complexity index is 1130. The molecule has 2 aromatic rings. The maximum absolute atomic E-state index is 13.3. The second kappa shape index (κ2) is 7.59. The minimum absolute atomic E-state index is 0.0363. The summed E-state index contributed by atoms with van der Waals surface area (Å²) < 4.78 is 15.8. The highest BCUT2D eigenvalue weighted by molar-refractivity contribution is 6.33. The molecule has 0 spiro atoms. The molecular formula is C20H17N3O8. The first kappa shape index (κ1) is 20.1. The Labute approximate surface area is 175 Å². The molecule has 2 aliphatic heterocycles. The van der Waals surface area contributed by atoms with Gasteiger partial charge in [-0.2, -0.15) is 0 Å². The van der Waals surface area contributed by atoms with Crippen molar-refractivity contribution in [1.82, 2.24) is 0 Å². The van der Waals surface area contributed by atoms with Crippen LogP contribution in [-0.2, 0) is 14.4 Å². The maximum Gasteiger partial charge on any atom is 0.279 e. The number of amides is 2.